The van der Waals surface area contributed by atoms with Crippen molar-refractivity contribution in [3.8, 4) is 5.75 Å². The van der Waals surface area contributed by atoms with E-state index in [0.29, 0.717) is 23.9 Å². The summed E-state index contributed by atoms with van der Waals surface area (Å²) in [6, 6.07) is 14.4. The molecule has 1 aliphatic rings. The SMILES string of the molecule is O=C(Cn1nnc2ccccc2c1=O)NC1CCOc2ccccc21. The van der Waals surface area contributed by atoms with Gasteiger partial charge in [0.2, 0.25) is 5.91 Å². The highest BCUT2D eigenvalue weighted by Gasteiger charge is 2.23. The van der Waals surface area contributed by atoms with Crippen LogP contribution in [-0.2, 0) is 11.3 Å². The highest BCUT2D eigenvalue weighted by Crippen LogP contribution is 2.31. The van der Waals surface area contributed by atoms with Gasteiger partial charge < -0.3 is 10.1 Å². The quantitative estimate of drug-likeness (QED) is 0.782. The van der Waals surface area contributed by atoms with Crippen molar-refractivity contribution in [2.24, 2.45) is 0 Å². The van der Waals surface area contributed by atoms with E-state index in [1.807, 2.05) is 24.3 Å². The van der Waals surface area contributed by atoms with Crippen molar-refractivity contribution in [3.05, 3.63) is 64.4 Å². The van der Waals surface area contributed by atoms with Crippen molar-refractivity contribution in [1.29, 1.82) is 0 Å². The maximum Gasteiger partial charge on any atom is 0.278 e. The first-order chi connectivity index (χ1) is 12.2. The van der Waals surface area contributed by atoms with Crippen molar-refractivity contribution in [2.45, 2.75) is 19.0 Å². The van der Waals surface area contributed by atoms with Gasteiger partial charge in [-0.3, -0.25) is 9.59 Å². The van der Waals surface area contributed by atoms with Crippen LogP contribution in [0.25, 0.3) is 10.9 Å². The molecular formula is C18H16N4O3. The minimum absolute atomic E-state index is 0.137. The molecule has 7 nitrogen and oxygen atoms in total. The number of hydrogen-bond donors (Lipinski definition) is 1. The fraction of sp³-hybridized carbons (Fsp3) is 0.222. The molecule has 1 unspecified atom stereocenters. The molecule has 1 aliphatic heterocycles. The standard InChI is InChI=1S/C18H16N4O3/c23-17(19-14-9-10-25-16-8-4-2-5-12(14)16)11-22-18(24)13-6-1-3-7-15(13)20-21-22/h1-8,14H,9-11H2,(H,19,23). The van der Waals surface area contributed by atoms with Gasteiger partial charge in [0.25, 0.3) is 5.56 Å². The minimum atomic E-state index is -0.326. The number of fused-ring (bicyclic) bond motifs is 2. The van der Waals surface area contributed by atoms with Crippen molar-refractivity contribution in [2.75, 3.05) is 6.61 Å². The Morgan fingerprint density at radius 3 is 2.92 bits per heavy atom. The van der Waals surface area contributed by atoms with Gasteiger partial charge in [0.05, 0.1) is 18.0 Å². The lowest BCUT2D eigenvalue weighted by Gasteiger charge is -2.26. The maximum atomic E-state index is 12.4. The average molecular weight is 336 g/mol. The summed E-state index contributed by atoms with van der Waals surface area (Å²) in [6.45, 7) is 0.369. The van der Waals surface area contributed by atoms with Crippen molar-refractivity contribution < 1.29 is 9.53 Å². The Labute approximate surface area is 143 Å². The summed E-state index contributed by atoms with van der Waals surface area (Å²) >= 11 is 0. The van der Waals surface area contributed by atoms with Crippen LogP contribution in [0.3, 0.4) is 0 Å². The Morgan fingerprint density at radius 1 is 1.20 bits per heavy atom. The Morgan fingerprint density at radius 2 is 2.00 bits per heavy atom. The average Bonchev–Trinajstić information content (AvgIpc) is 2.65. The molecule has 0 spiro atoms. The number of aromatic nitrogens is 3. The number of nitrogens with zero attached hydrogens (tertiary/aromatic N) is 3. The number of hydrogen-bond acceptors (Lipinski definition) is 5. The molecule has 2 heterocycles. The molecular weight excluding hydrogens is 320 g/mol. The van der Waals surface area contributed by atoms with Crippen LogP contribution >= 0.6 is 0 Å². The molecule has 1 amide bonds. The summed E-state index contributed by atoms with van der Waals surface area (Å²) in [5.74, 6) is 0.495. The van der Waals surface area contributed by atoms with Crippen LogP contribution in [0.5, 0.6) is 5.75 Å². The van der Waals surface area contributed by atoms with E-state index in [1.54, 1.807) is 24.3 Å². The van der Waals surface area contributed by atoms with Crippen LogP contribution in [0.2, 0.25) is 0 Å². The largest absolute Gasteiger partial charge is 0.493 e. The predicted molar refractivity (Wildman–Crippen MR) is 91.2 cm³/mol. The van der Waals surface area contributed by atoms with E-state index >= 15 is 0 Å². The zero-order chi connectivity index (χ0) is 17.2. The lowest BCUT2D eigenvalue weighted by molar-refractivity contribution is -0.122. The summed E-state index contributed by atoms with van der Waals surface area (Å²) < 4.78 is 6.68. The third-order valence-corrected chi connectivity index (χ3v) is 4.22. The van der Waals surface area contributed by atoms with E-state index < -0.39 is 0 Å². The number of carbonyl (C=O) groups is 1. The van der Waals surface area contributed by atoms with Crippen LogP contribution in [0, 0.1) is 0 Å². The van der Waals surface area contributed by atoms with Gasteiger partial charge in [0.15, 0.2) is 0 Å². The maximum absolute atomic E-state index is 12.4. The smallest absolute Gasteiger partial charge is 0.278 e. The summed E-state index contributed by atoms with van der Waals surface area (Å²) in [4.78, 5) is 24.8. The number of amides is 1. The lowest BCUT2D eigenvalue weighted by Crippen LogP contribution is -2.37. The van der Waals surface area contributed by atoms with E-state index in [1.165, 1.54) is 0 Å². The molecule has 0 aliphatic carbocycles. The number of nitrogens with one attached hydrogen (secondary N) is 1. The van der Waals surface area contributed by atoms with Gasteiger partial charge in [-0.25, -0.2) is 4.68 Å². The minimum Gasteiger partial charge on any atom is -0.493 e. The Balaban J connectivity index is 1.54. The summed E-state index contributed by atoms with van der Waals surface area (Å²) in [5.41, 5.74) is 1.13. The first-order valence-electron chi connectivity index (χ1n) is 8.06. The second kappa shape index (κ2) is 6.35. The monoisotopic (exact) mass is 336 g/mol. The molecule has 1 aromatic heterocycles. The zero-order valence-electron chi connectivity index (χ0n) is 13.4. The fourth-order valence-electron chi connectivity index (χ4n) is 2.99. The Hall–Kier alpha value is -3.22. The van der Waals surface area contributed by atoms with E-state index in [9.17, 15) is 9.59 Å². The first-order valence-corrected chi connectivity index (χ1v) is 8.06. The van der Waals surface area contributed by atoms with Crippen LogP contribution in [0.4, 0.5) is 0 Å². The topological polar surface area (TPSA) is 86.1 Å². The van der Waals surface area contributed by atoms with Gasteiger partial charge >= 0.3 is 0 Å². The van der Waals surface area contributed by atoms with Gasteiger partial charge in [-0.1, -0.05) is 35.5 Å². The van der Waals surface area contributed by atoms with Crippen molar-refractivity contribution in [3.63, 3.8) is 0 Å². The van der Waals surface area contributed by atoms with Gasteiger partial charge in [0, 0.05) is 12.0 Å². The molecule has 0 fully saturated rings. The molecule has 1 atom stereocenters. The van der Waals surface area contributed by atoms with E-state index in [0.717, 1.165) is 16.0 Å². The van der Waals surface area contributed by atoms with Crippen molar-refractivity contribution >= 4 is 16.8 Å². The van der Waals surface area contributed by atoms with E-state index in [4.69, 9.17) is 4.74 Å². The lowest BCUT2D eigenvalue weighted by atomic mass is 10.0. The first kappa shape index (κ1) is 15.3. The fourth-order valence-corrected chi connectivity index (χ4v) is 2.99. The summed E-state index contributed by atoms with van der Waals surface area (Å²) in [6.07, 6.45) is 0.682. The molecule has 4 rings (SSSR count). The molecule has 0 saturated heterocycles. The molecule has 2 aromatic carbocycles. The number of ether oxygens (including phenoxy) is 1. The van der Waals surface area contributed by atoms with Gasteiger partial charge in [-0.15, -0.1) is 5.10 Å². The molecule has 3 aromatic rings. The predicted octanol–water partition coefficient (Wildman–Crippen LogP) is 1.43. The van der Waals surface area contributed by atoms with Gasteiger partial charge in [-0.05, 0) is 18.2 Å². The number of rotatable bonds is 3. The molecule has 1 N–H and O–H groups in total. The normalized spacial score (nSPS) is 16.1. The Bertz CT molecular complexity index is 999. The molecule has 126 valence electrons. The summed E-state index contributed by atoms with van der Waals surface area (Å²) in [7, 11) is 0. The Kier molecular flexibility index (Phi) is 3.89. The number of benzene rings is 2. The molecule has 0 bridgehead atoms. The second-order valence-corrected chi connectivity index (χ2v) is 5.86. The third kappa shape index (κ3) is 2.96. The van der Waals surface area contributed by atoms with Crippen LogP contribution < -0.4 is 15.6 Å². The van der Waals surface area contributed by atoms with Crippen LogP contribution in [0.15, 0.2) is 53.3 Å². The summed E-state index contributed by atoms with van der Waals surface area (Å²) in [5, 5.41) is 11.2. The molecule has 0 radical (unpaired) electrons. The third-order valence-electron chi connectivity index (χ3n) is 4.22. The highest BCUT2D eigenvalue weighted by molar-refractivity contribution is 5.78. The highest BCUT2D eigenvalue weighted by atomic mass is 16.5. The van der Waals surface area contributed by atoms with Gasteiger partial charge in [-0.2, -0.15) is 0 Å². The van der Waals surface area contributed by atoms with E-state index in [2.05, 4.69) is 15.6 Å². The molecule has 25 heavy (non-hydrogen) atoms. The van der Waals surface area contributed by atoms with Crippen LogP contribution in [-0.4, -0.2) is 27.5 Å². The molecule has 7 heteroatoms. The van der Waals surface area contributed by atoms with Crippen molar-refractivity contribution in [1.82, 2.24) is 20.3 Å². The van der Waals surface area contributed by atoms with Gasteiger partial charge in [0.1, 0.15) is 17.8 Å². The molecule has 0 saturated carbocycles. The number of para-hydroxylation sites is 1. The zero-order valence-corrected chi connectivity index (χ0v) is 13.4. The van der Waals surface area contributed by atoms with E-state index in [-0.39, 0.29) is 24.1 Å². The number of carbonyl (C=O) groups excluding carboxylic acids is 1. The second-order valence-electron chi connectivity index (χ2n) is 5.86. The van der Waals surface area contributed by atoms with Crippen LogP contribution in [0.1, 0.15) is 18.0 Å².